The molecule has 1 amide bonds. The summed E-state index contributed by atoms with van der Waals surface area (Å²) in [5.41, 5.74) is 0. The Morgan fingerprint density at radius 3 is 1.44 bits per heavy atom. The number of hydrogen-bond acceptors (Lipinski definition) is 10. The summed E-state index contributed by atoms with van der Waals surface area (Å²) >= 11 is 0. The first-order valence-electron chi connectivity index (χ1n) is 25.4. The monoisotopic (exact) mass is 882 g/mol. The van der Waals surface area contributed by atoms with E-state index in [4.69, 9.17) is 9.47 Å². The molecule has 1 aliphatic rings. The molecule has 0 aromatic carbocycles. The number of carbonyl (C=O) groups excluding carboxylic acids is 1. The van der Waals surface area contributed by atoms with Crippen LogP contribution in [0.4, 0.5) is 0 Å². The molecule has 62 heavy (non-hydrogen) atoms. The molecule has 1 heterocycles. The molecule has 0 spiro atoms. The number of hydrogen-bond donors (Lipinski definition) is 8. The molecular formula is C51H95NO10. The zero-order valence-electron chi connectivity index (χ0n) is 39.4. The maximum atomic E-state index is 13.1. The van der Waals surface area contributed by atoms with Gasteiger partial charge < -0.3 is 50.5 Å². The zero-order chi connectivity index (χ0) is 45.5. The van der Waals surface area contributed by atoms with Crippen LogP contribution in [0.3, 0.4) is 0 Å². The molecule has 0 aromatic heterocycles. The van der Waals surface area contributed by atoms with E-state index in [-0.39, 0.29) is 12.8 Å². The molecule has 1 saturated heterocycles. The molecule has 0 aliphatic carbocycles. The minimum Gasteiger partial charge on any atom is -0.394 e. The van der Waals surface area contributed by atoms with Crippen LogP contribution < -0.4 is 5.32 Å². The van der Waals surface area contributed by atoms with Crippen LogP contribution in [-0.2, 0) is 14.3 Å². The molecule has 9 unspecified atom stereocenters. The molecule has 0 saturated carbocycles. The Kier molecular flexibility index (Phi) is 38.4. The highest BCUT2D eigenvalue weighted by Gasteiger charge is 2.44. The van der Waals surface area contributed by atoms with E-state index in [1.807, 2.05) is 0 Å². The number of ether oxygens (including phenoxy) is 2. The van der Waals surface area contributed by atoms with E-state index in [1.54, 1.807) is 0 Å². The summed E-state index contributed by atoms with van der Waals surface area (Å²) < 4.78 is 11.1. The van der Waals surface area contributed by atoms with Gasteiger partial charge >= 0.3 is 0 Å². The number of aliphatic hydroxyl groups is 7. The summed E-state index contributed by atoms with van der Waals surface area (Å²) in [4.78, 5) is 13.1. The predicted molar refractivity (Wildman–Crippen MR) is 252 cm³/mol. The maximum Gasteiger partial charge on any atom is 0.249 e. The Balaban J connectivity index is 2.45. The number of amides is 1. The highest BCUT2D eigenvalue weighted by Crippen LogP contribution is 2.23. The highest BCUT2D eigenvalue weighted by atomic mass is 16.7. The second kappa shape index (κ2) is 40.8. The van der Waals surface area contributed by atoms with E-state index in [0.29, 0.717) is 19.3 Å². The average Bonchev–Trinajstić information content (AvgIpc) is 3.27. The lowest BCUT2D eigenvalue weighted by molar-refractivity contribution is -0.303. The highest BCUT2D eigenvalue weighted by molar-refractivity contribution is 5.80. The van der Waals surface area contributed by atoms with E-state index in [2.05, 4.69) is 55.6 Å². The second-order valence-corrected chi connectivity index (χ2v) is 17.9. The van der Waals surface area contributed by atoms with E-state index in [1.165, 1.54) is 122 Å². The lowest BCUT2D eigenvalue weighted by Crippen LogP contribution is -2.60. The Morgan fingerprint density at radius 2 is 0.968 bits per heavy atom. The van der Waals surface area contributed by atoms with Crippen molar-refractivity contribution in [1.29, 1.82) is 0 Å². The van der Waals surface area contributed by atoms with Crippen LogP contribution >= 0.6 is 0 Å². The van der Waals surface area contributed by atoms with Crippen LogP contribution in [0, 0.1) is 0 Å². The lowest BCUT2D eigenvalue weighted by Gasteiger charge is -2.40. The van der Waals surface area contributed by atoms with Crippen LogP contribution in [0.25, 0.3) is 0 Å². The summed E-state index contributed by atoms with van der Waals surface area (Å²) in [5.74, 6) is -0.712. The fourth-order valence-corrected chi connectivity index (χ4v) is 7.94. The fraction of sp³-hybridized carbons (Fsp3) is 0.863. The third-order valence-corrected chi connectivity index (χ3v) is 12.2. The standard InChI is InChI=1S/C51H95NO10/c1-3-5-7-9-11-13-15-17-19-20-21-22-23-25-26-28-30-32-34-36-38-43(54)46(56)42(41-61-51-49(59)48(58)47(57)45(40-53)62-51)52-50(60)44(55)39-37-35-33-31-29-27-24-18-16-14-12-10-8-6-4-2/h19-20,23,25,30,32,42-49,51,53-59H,3-18,21-22,24,26-29,31,33-41H2,1-2H3,(H,52,60)/b20-19+,25-23+,32-30+. The van der Waals surface area contributed by atoms with Gasteiger partial charge in [0, 0.05) is 0 Å². The van der Waals surface area contributed by atoms with Crippen LogP contribution in [0.5, 0.6) is 0 Å². The first kappa shape index (κ1) is 58.3. The molecule has 9 atom stereocenters. The van der Waals surface area contributed by atoms with Gasteiger partial charge in [0.25, 0.3) is 0 Å². The zero-order valence-corrected chi connectivity index (χ0v) is 39.4. The molecule has 364 valence electrons. The molecule has 8 N–H and O–H groups in total. The van der Waals surface area contributed by atoms with Gasteiger partial charge in [-0.25, -0.2) is 0 Å². The fourth-order valence-electron chi connectivity index (χ4n) is 7.94. The molecule has 1 aliphatic heterocycles. The summed E-state index contributed by atoms with van der Waals surface area (Å²) in [5, 5.41) is 75.8. The summed E-state index contributed by atoms with van der Waals surface area (Å²) in [7, 11) is 0. The Bertz CT molecular complexity index is 1100. The van der Waals surface area contributed by atoms with Crippen molar-refractivity contribution in [1.82, 2.24) is 5.32 Å². The Morgan fingerprint density at radius 1 is 0.548 bits per heavy atom. The third-order valence-electron chi connectivity index (χ3n) is 12.2. The summed E-state index contributed by atoms with van der Waals surface area (Å²) in [6.07, 6.45) is 36.2. The van der Waals surface area contributed by atoms with Crippen LogP contribution in [0.1, 0.15) is 213 Å². The summed E-state index contributed by atoms with van der Waals surface area (Å²) in [6.45, 7) is 3.42. The Labute approximate surface area is 377 Å². The van der Waals surface area contributed by atoms with Gasteiger partial charge in [-0.3, -0.25) is 4.79 Å². The van der Waals surface area contributed by atoms with Gasteiger partial charge in [-0.05, 0) is 64.2 Å². The van der Waals surface area contributed by atoms with Gasteiger partial charge in [-0.2, -0.15) is 0 Å². The quantitative estimate of drug-likeness (QED) is 0.0217. The topological polar surface area (TPSA) is 189 Å². The minimum atomic E-state index is -1.67. The van der Waals surface area contributed by atoms with Gasteiger partial charge in [-0.15, -0.1) is 0 Å². The van der Waals surface area contributed by atoms with Crippen LogP contribution in [0.15, 0.2) is 36.5 Å². The van der Waals surface area contributed by atoms with E-state index in [0.717, 1.165) is 44.9 Å². The molecule has 11 nitrogen and oxygen atoms in total. The van der Waals surface area contributed by atoms with Crippen LogP contribution in [-0.4, -0.2) is 110 Å². The number of carbonyl (C=O) groups is 1. The van der Waals surface area contributed by atoms with Gasteiger partial charge in [-0.1, -0.05) is 185 Å². The normalized spacial score (nSPS) is 21.6. The molecule has 0 aromatic rings. The van der Waals surface area contributed by atoms with Crippen LogP contribution in [0.2, 0.25) is 0 Å². The van der Waals surface area contributed by atoms with Gasteiger partial charge in [0.05, 0.1) is 25.4 Å². The predicted octanol–water partition coefficient (Wildman–Crippen LogP) is 9.17. The number of allylic oxidation sites excluding steroid dienone is 6. The smallest absolute Gasteiger partial charge is 0.249 e. The largest absolute Gasteiger partial charge is 0.394 e. The molecule has 1 rings (SSSR count). The SMILES string of the molecule is CCCCCCCCC/C=C/CC/C=C/CC/C=C/CCCC(O)C(O)C(COC1OC(CO)C(O)C(O)C1O)NC(=O)C(O)CCCCCCCCCCCCCCCCC. The minimum absolute atomic E-state index is 0.242. The second-order valence-electron chi connectivity index (χ2n) is 17.9. The van der Waals surface area contributed by atoms with Crippen molar-refractivity contribution in [3.8, 4) is 0 Å². The molecule has 1 fully saturated rings. The van der Waals surface area contributed by atoms with Gasteiger partial charge in [0.1, 0.15) is 36.6 Å². The van der Waals surface area contributed by atoms with Crippen molar-refractivity contribution in [3.05, 3.63) is 36.5 Å². The van der Waals surface area contributed by atoms with Gasteiger partial charge in [0.2, 0.25) is 5.91 Å². The van der Waals surface area contributed by atoms with E-state index in [9.17, 15) is 40.5 Å². The number of rotatable bonds is 42. The number of aliphatic hydroxyl groups excluding tert-OH is 7. The third kappa shape index (κ3) is 29.7. The molecule has 0 bridgehead atoms. The van der Waals surface area contributed by atoms with Crippen molar-refractivity contribution >= 4 is 5.91 Å². The maximum absolute atomic E-state index is 13.1. The van der Waals surface area contributed by atoms with Crippen molar-refractivity contribution in [3.63, 3.8) is 0 Å². The number of nitrogens with one attached hydrogen (secondary N) is 1. The van der Waals surface area contributed by atoms with E-state index < -0.39 is 74.2 Å². The lowest BCUT2D eigenvalue weighted by atomic mass is 9.98. The summed E-state index contributed by atoms with van der Waals surface area (Å²) in [6, 6.07) is -1.19. The molecule has 0 radical (unpaired) electrons. The first-order valence-corrected chi connectivity index (χ1v) is 25.4. The molecule has 11 heteroatoms. The van der Waals surface area contributed by atoms with Gasteiger partial charge in [0.15, 0.2) is 6.29 Å². The van der Waals surface area contributed by atoms with Crippen molar-refractivity contribution < 1.29 is 50.0 Å². The van der Waals surface area contributed by atoms with Crippen molar-refractivity contribution in [2.24, 2.45) is 0 Å². The number of unbranched alkanes of at least 4 members (excludes halogenated alkanes) is 24. The van der Waals surface area contributed by atoms with Crippen molar-refractivity contribution in [2.75, 3.05) is 13.2 Å². The molecular weight excluding hydrogens is 787 g/mol. The van der Waals surface area contributed by atoms with Crippen molar-refractivity contribution in [2.45, 2.75) is 268 Å². The average molecular weight is 882 g/mol. The first-order chi connectivity index (χ1) is 30.2. The Hall–Kier alpha value is -1.67. The van der Waals surface area contributed by atoms with E-state index >= 15 is 0 Å².